The number of benzene rings is 2. The average Bonchev–Trinajstić information content (AvgIpc) is 3.43. The van der Waals surface area contributed by atoms with Gasteiger partial charge >= 0.3 is 5.97 Å². The number of carbonyl (C=O) groups is 1. The Morgan fingerprint density at radius 1 is 1.10 bits per heavy atom. The molecular weight excluding hydrogens is 398 g/mol. The monoisotopic (exact) mass is 417 g/mol. The van der Waals surface area contributed by atoms with Crippen molar-refractivity contribution in [3.05, 3.63) is 77.1 Å². The fourth-order valence-corrected chi connectivity index (χ4v) is 4.59. The van der Waals surface area contributed by atoms with Crippen LogP contribution in [-0.2, 0) is 0 Å². The summed E-state index contributed by atoms with van der Waals surface area (Å²) in [6.07, 6.45) is 8.03. The summed E-state index contributed by atoms with van der Waals surface area (Å²) >= 11 is 6.14. The standard InChI is InChI=1S/C24H20ClN3O2/c25-17-6-3-7-18(13-17)28-14-22-23(27-28)19(10-11-26-22)16-8-9-20(24(29)30)21(12-16)15-4-1-2-5-15/h3,6-15H,1-2,4-5H2,(H,29,30). The van der Waals surface area contributed by atoms with E-state index in [1.807, 2.05) is 48.7 Å². The van der Waals surface area contributed by atoms with E-state index in [9.17, 15) is 9.90 Å². The summed E-state index contributed by atoms with van der Waals surface area (Å²) in [4.78, 5) is 16.3. The minimum Gasteiger partial charge on any atom is -0.478 e. The Morgan fingerprint density at radius 3 is 2.70 bits per heavy atom. The van der Waals surface area contributed by atoms with Crippen LogP contribution in [0.15, 0.2) is 60.9 Å². The summed E-state index contributed by atoms with van der Waals surface area (Å²) in [5, 5.41) is 15.1. The molecule has 0 spiro atoms. The highest BCUT2D eigenvalue weighted by Crippen LogP contribution is 2.38. The molecular formula is C24H20ClN3O2. The summed E-state index contributed by atoms with van der Waals surface area (Å²) in [5.74, 6) is -0.564. The summed E-state index contributed by atoms with van der Waals surface area (Å²) in [6.45, 7) is 0. The Morgan fingerprint density at radius 2 is 1.93 bits per heavy atom. The predicted molar refractivity (Wildman–Crippen MR) is 117 cm³/mol. The van der Waals surface area contributed by atoms with Crippen molar-refractivity contribution in [1.82, 2.24) is 14.8 Å². The molecule has 1 fully saturated rings. The number of rotatable bonds is 4. The molecule has 0 bridgehead atoms. The van der Waals surface area contributed by atoms with Crippen molar-refractivity contribution in [3.8, 4) is 16.8 Å². The number of carboxylic acid groups (broad SMARTS) is 1. The molecule has 6 heteroatoms. The number of aromatic carboxylic acids is 1. The van der Waals surface area contributed by atoms with Gasteiger partial charge in [-0.1, -0.05) is 36.6 Å². The van der Waals surface area contributed by atoms with Crippen LogP contribution >= 0.6 is 11.6 Å². The van der Waals surface area contributed by atoms with E-state index in [1.54, 1.807) is 16.9 Å². The maximum Gasteiger partial charge on any atom is 0.335 e. The van der Waals surface area contributed by atoms with Crippen LogP contribution in [0.5, 0.6) is 0 Å². The maximum atomic E-state index is 11.8. The molecule has 30 heavy (non-hydrogen) atoms. The Labute approximate surface area is 178 Å². The van der Waals surface area contributed by atoms with Crippen molar-refractivity contribution in [2.45, 2.75) is 31.6 Å². The van der Waals surface area contributed by atoms with Gasteiger partial charge in [-0.15, -0.1) is 0 Å². The molecule has 1 aliphatic rings. The molecule has 0 unspecified atom stereocenters. The van der Waals surface area contributed by atoms with Crippen molar-refractivity contribution in [2.24, 2.45) is 0 Å². The highest BCUT2D eigenvalue weighted by molar-refractivity contribution is 6.30. The second kappa shape index (κ2) is 7.58. The van der Waals surface area contributed by atoms with Gasteiger partial charge < -0.3 is 5.11 Å². The molecule has 0 aliphatic heterocycles. The number of aromatic nitrogens is 3. The molecule has 0 radical (unpaired) electrons. The summed E-state index contributed by atoms with van der Waals surface area (Å²) in [5.41, 5.74) is 5.65. The van der Waals surface area contributed by atoms with E-state index in [-0.39, 0.29) is 0 Å². The molecule has 1 N–H and O–H groups in total. The number of hydrogen-bond acceptors (Lipinski definition) is 3. The van der Waals surface area contributed by atoms with Crippen LogP contribution in [0.2, 0.25) is 5.02 Å². The lowest BCUT2D eigenvalue weighted by molar-refractivity contribution is 0.0695. The van der Waals surface area contributed by atoms with E-state index in [2.05, 4.69) is 4.98 Å². The summed E-state index contributed by atoms with van der Waals surface area (Å²) in [6, 6.07) is 15.1. The van der Waals surface area contributed by atoms with E-state index < -0.39 is 5.97 Å². The van der Waals surface area contributed by atoms with Gasteiger partial charge in [0, 0.05) is 16.8 Å². The van der Waals surface area contributed by atoms with Gasteiger partial charge in [-0.25, -0.2) is 9.48 Å². The number of hydrogen-bond donors (Lipinski definition) is 1. The van der Waals surface area contributed by atoms with Gasteiger partial charge in [-0.3, -0.25) is 4.98 Å². The fourth-order valence-electron chi connectivity index (χ4n) is 4.41. The van der Waals surface area contributed by atoms with Gasteiger partial charge in [-0.2, -0.15) is 5.10 Å². The molecule has 5 rings (SSSR count). The lowest BCUT2D eigenvalue weighted by Gasteiger charge is -2.15. The predicted octanol–water partition coefficient (Wildman–Crippen LogP) is 6.10. The van der Waals surface area contributed by atoms with Gasteiger partial charge in [0.15, 0.2) is 0 Å². The third-order valence-electron chi connectivity index (χ3n) is 5.87. The number of fused-ring (bicyclic) bond motifs is 1. The first-order valence-electron chi connectivity index (χ1n) is 10.1. The zero-order chi connectivity index (χ0) is 20.7. The first kappa shape index (κ1) is 18.8. The van der Waals surface area contributed by atoms with Crippen molar-refractivity contribution >= 4 is 28.6 Å². The third kappa shape index (κ3) is 3.35. The topological polar surface area (TPSA) is 68.0 Å². The second-order valence-corrected chi connectivity index (χ2v) is 8.17. The van der Waals surface area contributed by atoms with Crippen LogP contribution in [0.1, 0.15) is 47.5 Å². The summed E-state index contributed by atoms with van der Waals surface area (Å²) < 4.78 is 1.77. The molecule has 1 saturated carbocycles. The normalized spacial score (nSPS) is 14.4. The van der Waals surface area contributed by atoms with Crippen LogP contribution in [0.4, 0.5) is 0 Å². The number of nitrogens with zero attached hydrogens (tertiary/aromatic N) is 3. The third-order valence-corrected chi connectivity index (χ3v) is 6.10. The minimum absolute atomic E-state index is 0.303. The van der Waals surface area contributed by atoms with Crippen LogP contribution in [0.25, 0.3) is 27.8 Å². The molecule has 2 aromatic carbocycles. The van der Waals surface area contributed by atoms with E-state index in [1.165, 1.54) is 0 Å². The maximum absolute atomic E-state index is 11.8. The average molecular weight is 418 g/mol. The van der Waals surface area contributed by atoms with Crippen molar-refractivity contribution < 1.29 is 9.90 Å². The fraction of sp³-hybridized carbons (Fsp3) is 0.208. The molecule has 5 nitrogen and oxygen atoms in total. The Hall–Kier alpha value is -3.18. The highest BCUT2D eigenvalue weighted by atomic mass is 35.5. The molecule has 1 aliphatic carbocycles. The van der Waals surface area contributed by atoms with Crippen LogP contribution in [0.3, 0.4) is 0 Å². The zero-order valence-electron chi connectivity index (χ0n) is 16.3. The number of pyridine rings is 1. The zero-order valence-corrected chi connectivity index (χ0v) is 17.0. The van der Waals surface area contributed by atoms with E-state index in [0.29, 0.717) is 16.5 Å². The first-order chi connectivity index (χ1) is 14.6. The van der Waals surface area contributed by atoms with Crippen LogP contribution < -0.4 is 0 Å². The van der Waals surface area contributed by atoms with Gasteiger partial charge in [0.05, 0.1) is 17.4 Å². The lowest BCUT2D eigenvalue weighted by Crippen LogP contribution is -2.06. The van der Waals surface area contributed by atoms with Crippen molar-refractivity contribution in [2.75, 3.05) is 0 Å². The van der Waals surface area contributed by atoms with Gasteiger partial charge in [0.2, 0.25) is 0 Å². The van der Waals surface area contributed by atoms with Crippen molar-refractivity contribution in [3.63, 3.8) is 0 Å². The van der Waals surface area contributed by atoms with E-state index in [4.69, 9.17) is 16.7 Å². The SMILES string of the molecule is O=C(O)c1ccc(-c2ccnc3cn(-c4cccc(Cl)c4)nc23)cc1C1CCCC1. The molecule has 150 valence electrons. The van der Waals surface area contributed by atoms with Gasteiger partial charge in [0.25, 0.3) is 0 Å². The number of halogens is 1. The van der Waals surface area contributed by atoms with Crippen LogP contribution in [0, 0.1) is 0 Å². The quantitative estimate of drug-likeness (QED) is 0.435. The van der Waals surface area contributed by atoms with Gasteiger partial charge in [0.1, 0.15) is 11.0 Å². The van der Waals surface area contributed by atoms with Crippen molar-refractivity contribution in [1.29, 1.82) is 0 Å². The Balaban J connectivity index is 1.64. The second-order valence-electron chi connectivity index (χ2n) is 7.73. The van der Waals surface area contributed by atoms with E-state index in [0.717, 1.165) is 59.1 Å². The molecule has 0 atom stereocenters. The lowest BCUT2D eigenvalue weighted by atomic mass is 9.89. The molecule has 4 aromatic rings. The highest BCUT2D eigenvalue weighted by Gasteiger charge is 2.23. The first-order valence-corrected chi connectivity index (χ1v) is 10.5. The van der Waals surface area contributed by atoms with E-state index >= 15 is 0 Å². The number of carboxylic acids is 1. The summed E-state index contributed by atoms with van der Waals surface area (Å²) in [7, 11) is 0. The largest absolute Gasteiger partial charge is 0.478 e. The molecule has 0 amide bonds. The molecule has 2 heterocycles. The van der Waals surface area contributed by atoms with Gasteiger partial charge in [-0.05, 0) is 66.3 Å². The van der Waals surface area contributed by atoms with Crippen LogP contribution in [-0.4, -0.2) is 25.8 Å². The Kier molecular flexibility index (Phi) is 4.75. The Bertz CT molecular complexity index is 1260. The smallest absolute Gasteiger partial charge is 0.335 e. The molecule has 2 aromatic heterocycles. The minimum atomic E-state index is -0.867. The molecule has 0 saturated heterocycles.